The van der Waals surface area contributed by atoms with Crippen LogP contribution in [0.2, 0.25) is 0 Å². The monoisotopic (exact) mass is 406 g/mol. The summed E-state index contributed by atoms with van der Waals surface area (Å²) in [7, 11) is 1.51. The van der Waals surface area contributed by atoms with Gasteiger partial charge in [0.2, 0.25) is 0 Å². The second kappa shape index (κ2) is 9.73. The zero-order valence-corrected chi connectivity index (χ0v) is 16.0. The summed E-state index contributed by atoms with van der Waals surface area (Å²) in [5.41, 5.74) is 0.581. The molecular formula is C21H21F3N2O3. The first kappa shape index (κ1) is 22.0. The maximum atomic E-state index is 12.6. The number of carbonyl (C=O) groups excluding carboxylic acids is 1. The summed E-state index contributed by atoms with van der Waals surface area (Å²) in [6.45, 7) is 1.97. The standard InChI is InChI=1S/C21H21F3N2O3/c1-4-11-29-19-12-15(5-10-18(19)28-3)13-25-20(27)26-14(2)16-6-8-17(9-7-16)21(22,23)24/h1,5-10,12,14H,11,13H2,2-3H3,(H2,25,26,27). The van der Waals surface area contributed by atoms with Crippen LogP contribution >= 0.6 is 0 Å². The fourth-order valence-corrected chi connectivity index (χ4v) is 2.54. The maximum absolute atomic E-state index is 12.6. The van der Waals surface area contributed by atoms with Gasteiger partial charge in [0.1, 0.15) is 6.61 Å². The van der Waals surface area contributed by atoms with Crippen LogP contribution in [0.15, 0.2) is 42.5 Å². The molecular weight excluding hydrogens is 385 g/mol. The third-order valence-corrected chi connectivity index (χ3v) is 4.08. The first-order chi connectivity index (χ1) is 13.7. The smallest absolute Gasteiger partial charge is 0.416 e. The predicted molar refractivity (Wildman–Crippen MR) is 103 cm³/mol. The molecule has 5 nitrogen and oxygen atoms in total. The van der Waals surface area contributed by atoms with Crippen molar-refractivity contribution in [1.29, 1.82) is 0 Å². The summed E-state index contributed by atoms with van der Waals surface area (Å²) in [6.07, 6.45) is 0.796. The summed E-state index contributed by atoms with van der Waals surface area (Å²) in [5, 5.41) is 5.37. The molecule has 2 aromatic carbocycles. The number of alkyl halides is 3. The van der Waals surface area contributed by atoms with Crippen molar-refractivity contribution in [2.75, 3.05) is 13.7 Å². The van der Waals surface area contributed by atoms with Crippen LogP contribution in [-0.4, -0.2) is 19.7 Å². The van der Waals surface area contributed by atoms with E-state index in [1.807, 2.05) is 0 Å². The number of ether oxygens (including phenoxy) is 2. The van der Waals surface area contributed by atoms with E-state index in [4.69, 9.17) is 15.9 Å². The van der Waals surface area contributed by atoms with E-state index in [1.165, 1.54) is 19.2 Å². The van der Waals surface area contributed by atoms with E-state index in [-0.39, 0.29) is 13.2 Å². The number of hydrogen-bond acceptors (Lipinski definition) is 3. The SMILES string of the molecule is C#CCOc1cc(CNC(=O)NC(C)c2ccc(C(F)(F)F)cc2)ccc1OC. The zero-order chi connectivity index (χ0) is 21.4. The van der Waals surface area contributed by atoms with Crippen molar-refractivity contribution in [2.45, 2.75) is 25.7 Å². The van der Waals surface area contributed by atoms with Gasteiger partial charge in [-0.05, 0) is 42.3 Å². The van der Waals surface area contributed by atoms with Crippen LogP contribution in [0.1, 0.15) is 29.7 Å². The molecule has 8 heteroatoms. The molecule has 2 N–H and O–H groups in total. The Kier molecular flexibility index (Phi) is 7.37. The van der Waals surface area contributed by atoms with Gasteiger partial charge in [0, 0.05) is 6.54 Å². The molecule has 0 aliphatic heterocycles. The van der Waals surface area contributed by atoms with Crippen molar-refractivity contribution in [3.05, 3.63) is 59.2 Å². The molecule has 0 fully saturated rings. The van der Waals surface area contributed by atoms with Gasteiger partial charge in [-0.25, -0.2) is 4.79 Å². The minimum atomic E-state index is -4.40. The molecule has 0 spiro atoms. The highest BCUT2D eigenvalue weighted by Gasteiger charge is 2.30. The molecule has 0 radical (unpaired) electrons. The fourth-order valence-electron chi connectivity index (χ4n) is 2.54. The molecule has 0 aromatic heterocycles. The van der Waals surface area contributed by atoms with E-state index >= 15 is 0 Å². The van der Waals surface area contributed by atoms with Gasteiger partial charge in [-0.15, -0.1) is 6.42 Å². The highest BCUT2D eigenvalue weighted by molar-refractivity contribution is 5.74. The highest BCUT2D eigenvalue weighted by Crippen LogP contribution is 2.30. The Hall–Kier alpha value is -3.34. The molecule has 0 saturated carbocycles. The minimum Gasteiger partial charge on any atom is -0.493 e. The summed E-state index contributed by atoms with van der Waals surface area (Å²) in [4.78, 5) is 12.1. The van der Waals surface area contributed by atoms with Crippen LogP contribution in [0.4, 0.5) is 18.0 Å². The van der Waals surface area contributed by atoms with Crippen molar-refractivity contribution < 1.29 is 27.4 Å². The molecule has 29 heavy (non-hydrogen) atoms. The molecule has 2 aromatic rings. The minimum absolute atomic E-state index is 0.0817. The summed E-state index contributed by atoms with van der Waals surface area (Å²) >= 11 is 0. The van der Waals surface area contributed by atoms with Gasteiger partial charge in [-0.2, -0.15) is 13.2 Å². The van der Waals surface area contributed by atoms with Crippen molar-refractivity contribution in [2.24, 2.45) is 0 Å². The Balaban J connectivity index is 1.93. The van der Waals surface area contributed by atoms with Gasteiger partial charge in [-0.3, -0.25) is 0 Å². The van der Waals surface area contributed by atoms with E-state index in [2.05, 4.69) is 16.6 Å². The molecule has 0 aliphatic carbocycles. The van der Waals surface area contributed by atoms with Crippen LogP contribution in [-0.2, 0) is 12.7 Å². The lowest BCUT2D eigenvalue weighted by atomic mass is 10.1. The van der Waals surface area contributed by atoms with E-state index in [0.29, 0.717) is 17.1 Å². The van der Waals surface area contributed by atoms with Crippen LogP contribution in [0.25, 0.3) is 0 Å². The molecule has 154 valence electrons. The Morgan fingerprint density at radius 2 is 1.86 bits per heavy atom. The Labute approximate surface area is 167 Å². The third kappa shape index (κ3) is 6.35. The molecule has 0 bridgehead atoms. The first-order valence-corrected chi connectivity index (χ1v) is 8.69. The van der Waals surface area contributed by atoms with E-state index in [1.54, 1.807) is 25.1 Å². The number of rotatable bonds is 7. The number of carbonyl (C=O) groups is 1. The van der Waals surface area contributed by atoms with Crippen LogP contribution in [0.3, 0.4) is 0 Å². The van der Waals surface area contributed by atoms with Crippen molar-refractivity contribution in [1.82, 2.24) is 10.6 Å². The van der Waals surface area contributed by atoms with Gasteiger partial charge in [0.25, 0.3) is 0 Å². The zero-order valence-electron chi connectivity index (χ0n) is 16.0. The number of benzene rings is 2. The van der Waals surface area contributed by atoms with Gasteiger partial charge < -0.3 is 20.1 Å². The quantitative estimate of drug-likeness (QED) is 0.675. The van der Waals surface area contributed by atoms with Gasteiger partial charge in [0.05, 0.1) is 18.7 Å². The number of nitrogens with one attached hydrogen (secondary N) is 2. The second-order valence-corrected chi connectivity index (χ2v) is 6.15. The second-order valence-electron chi connectivity index (χ2n) is 6.15. The molecule has 1 unspecified atom stereocenters. The van der Waals surface area contributed by atoms with Crippen LogP contribution < -0.4 is 20.1 Å². The van der Waals surface area contributed by atoms with Crippen molar-refractivity contribution >= 4 is 6.03 Å². The largest absolute Gasteiger partial charge is 0.493 e. The number of hydrogen-bond donors (Lipinski definition) is 2. The predicted octanol–water partition coefficient (Wildman–Crippen LogP) is 4.29. The number of amides is 2. The molecule has 1 atom stereocenters. The van der Waals surface area contributed by atoms with Gasteiger partial charge >= 0.3 is 12.2 Å². The first-order valence-electron chi connectivity index (χ1n) is 8.69. The highest BCUT2D eigenvalue weighted by atomic mass is 19.4. The Morgan fingerprint density at radius 3 is 2.45 bits per heavy atom. The molecule has 0 aliphatic rings. The summed E-state index contributed by atoms with van der Waals surface area (Å²) in [5.74, 6) is 3.35. The third-order valence-electron chi connectivity index (χ3n) is 4.08. The van der Waals surface area contributed by atoms with Crippen LogP contribution in [0, 0.1) is 12.3 Å². The Bertz CT molecular complexity index is 874. The van der Waals surface area contributed by atoms with Gasteiger partial charge in [-0.1, -0.05) is 24.1 Å². The number of halogens is 3. The van der Waals surface area contributed by atoms with E-state index in [0.717, 1.165) is 17.7 Å². The number of urea groups is 1. The lowest BCUT2D eigenvalue weighted by Gasteiger charge is -2.16. The number of methoxy groups -OCH3 is 1. The molecule has 0 heterocycles. The topological polar surface area (TPSA) is 59.6 Å². The lowest BCUT2D eigenvalue weighted by molar-refractivity contribution is -0.137. The molecule has 2 amide bonds. The summed E-state index contributed by atoms with van der Waals surface area (Å²) in [6, 6.07) is 8.89. The lowest BCUT2D eigenvalue weighted by Crippen LogP contribution is -2.36. The van der Waals surface area contributed by atoms with E-state index < -0.39 is 23.8 Å². The maximum Gasteiger partial charge on any atom is 0.416 e. The van der Waals surface area contributed by atoms with Crippen molar-refractivity contribution in [3.8, 4) is 23.8 Å². The molecule has 2 rings (SSSR count). The van der Waals surface area contributed by atoms with E-state index in [9.17, 15) is 18.0 Å². The average molecular weight is 406 g/mol. The summed E-state index contributed by atoms with van der Waals surface area (Å²) < 4.78 is 48.5. The fraction of sp³-hybridized carbons (Fsp3) is 0.286. The average Bonchev–Trinajstić information content (AvgIpc) is 2.70. The normalized spacial score (nSPS) is 11.9. The Morgan fingerprint density at radius 1 is 1.17 bits per heavy atom. The van der Waals surface area contributed by atoms with Crippen LogP contribution in [0.5, 0.6) is 11.5 Å². The van der Waals surface area contributed by atoms with Crippen molar-refractivity contribution in [3.63, 3.8) is 0 Å². The van der Waals surface area contributed by atoms with Gasteiger partial charge in [0.15, 0.2) is 11.5 Å². The number of terminal acetylenes is 1. The molecule has 0 saturated heterocycles.